The van der Waals surface area contributed by atoms with Gasteiger partial charge in [-0.25, -0.2) is 4.79 Å². The van der Waals surface area contributed by atoms with Crippen LogP contribution in [0.5, 0.6) is 0 Å². The van der Waals surface area contributed by atoms with E-state index in [-0.39, 0.29) is 17.7 Å². The Balaban J connectivity index is 2.92. The maximum absolute atomic E-state index is 11.2. The Morgan fingerprint density at radius 2 is 2.12 bits per heavy atom. The van der Waals surface area contributed by atoms with Gasteiger partial charge in [-0.05, 0) is 19.9 Å². The first-order valence-corrected chi connectivity index (χ1v) is 5.20. The Hall–Kier alpha value is -1.66. The molecule has 17 heavy (non-hydrogen) atoms. The molecule has 0 aliphatic rings. The molecule has 0 aliphatic carbocycles. The molecule has 0 fully saturated rings. The highest BCUT2D eigenvalue weighted by molar-refractivity contribution is 5.75. The van der Waals surface area contributed by atoms with E-state index >= 15 is 0 Å². The normalized spacial score (nSPS) is 14.1. The molecule has 1 rings (SSSR count). The molecule has 0 amide bonds. The number of ether oxygens (including phenoxy) is 1. The molecular weight excluding hydrogens is 226 g/mol. The molecule has 6 nitrogen and oxygen atoms in total. The first-order chi connectivity index (χ1) is 7.97. The van der Waals surface area contributed by atoms with Gasteiger partial charge in [0.25, 0.3) is 0 Å². The molecular formula is C11H15NO5. The van der Waals surface area contributed by atoms with Gasteiger partial charge in [-0.1, -0.05) is 0 Å². The van der Waals surface area contributed by atoms with Crippen molar-refractivity contribution in [2.45, 2.75) is 26.1 Å². The highest BCUT2D eigenvalue weighted by Gasteiger charge is 2.28. The predicted octanol–water partition coefficient (Wildman–Crippen LogP) is -0.359. The number of carbonyl (C=O) groups excluding carboxylic acids is 1. The second-order valence-corrected chi connectivity index (χ2v) is 3.54. The number of aromatic nitrogens is 1. The highest BCUT2D eigenvalue weighted by atomic mass is 16.5. The molecule has 0 bridgehead atoms. The maximum Gasteiger partial charge on any atom is 0.338 e. The standard InChI is InChI=1S/C11H15NO5/c1-3-17-11(16)10(15)9(14)7-4-5-8(13)12-6(7)2/h4-5,9-10,14-15H,3H2,1-2H3,(H,12,13). The second kappa shape index (κ2) is 5.60. The van der Waals surface area contributed by atoms with Gasteiger partial charge >= 0.3 is 5.97 Å². The Morgan fingerprint density at radius 3 is 2.65 bits per heavy atom. The third-order valence-electron chi connectivity index (χ3n) is 2.30. The Morgan fingerprint density at radius 1 is 1.47 bits per heavy atom. The van der Waals surface area contributed by atoms with Crippen LogP contribution in [-0.4, -0.2) is 33.9 Å². The number of esters is 1. The van der Waals surface area contributed by atoms with Crippen LogP contribution in [0, 0.1) is 6.92 Å². The highest BCUT2D eigenvalue weighted by Crippen LogP contribution is 2.19. The van der Waals surface area contributed by atoms with Crippen LogP contribution >= 0.6 is 0 Å². The number of nitrogens with one attached hydrogen (secondary N) is 1. The Bertz CT molecular complexity index is 453. The molecule has 0 saturated heterocycles. The molecule has 0 spiro atoms. The molecule has 1 heterocycles. The lowest BCUT2D eigenvalue weighted by molar-refractivity contribution is -0.159. The van der Waals surface area contributed by atoms with Crippen molar-refractivity contribution in [1.82, 2.24) is 4.98 Å². The van der Waals surface area contributed by atoms with Crippen LogP contribution in [0.4, 0.5) is 0 Å². The number of H-pyrrole nitrogens is 1. The van der Waals surface area contributed by atoms with Crippen LogP contribution in [0.15, 0.2) is 16.9 Å². The second-order valence-electron chi connectivity index (χ2n) is 3.54. The molecule has 0 aliphatic heterocycles. The number of hydrogen-bond donors (Lipinski definition) is 3. The van der Waals surface area contributed by atoms with E-state index in [0.29, 0.717) is 5.69 Å². The summed E-state index contributed by atoms with van der Waals surface area (Å²) >= 11 is 0. The average molecular weight is 241 g/mol. The number of rotatable bonds is 4. The predicted molar refractivity (Wildman–Crippen MR) is 59.4 cm³/mol. The zero-order chi connectivity index (χ0) is 13.0. The fourth-order valence-corrected chi connectivity index (χ4v) is 1.44. The van der Waals surface area contributed by atoms with Crippen LogP contribution < -0.4 is 5.56 Å². The van der Waals surface area contributed by atoms with Crippen molar-refractivity contribution in [3.63, 3.8) is 0 Å². The molecule has 1 aromatic heterocycles. The summed E-state index contributed by atoms with van der Waals surface area (Å²) in [7, 11) is 0. The molecule has 0 aromatic carbocycles. The first kappa shape index (κ1) is 13.4. The van der Waals surface area contributed by atoms with E-state index in [1.165, 1.54) is 12.1 Å². The maximum atomic E-state index is 11.2. The molecule has 1 aromatic rings. The topological polar surface area (TPSA) is 99.6 Å². The van der Waals surface area contributed by atoms with Gasteiger partial charge in [0, 0.05) is 17.3 Å². The summed E-state index contributed by atoms with van der Waals surface area (Å²) in [5.41, 5.74) is 0.363. The fraction of sp³-hybridized carbons (Fsp3) is 0.455. The zero-order valence-corrected chi connectivity index (χ0v) is 9.64. The minimum Gasteiger partial charge on any atom is -0.464 e. The van der Waals surface area contributed by atoms with Gasteiger partial charge in [-0.2, -0.15) is 0 Å². The van der Waals surface area contributed by atoms with Crippen molar-refractivity contribution in [3.05, 3.63) is 33.7 Å². The van der Waals surface area contributed by atoms with Crippen LogP contribution in [0.3, 0.4) is 0 Å². The van der Waals surface area contributed by atoms with Gasteiger partial charge in [0.15, 0.2) is 6.10 Å². The van der Waals surface area contributed by atoms with Gasteiger partial charge in [-0.3, -0.25) is 4.79 Å². The van der Waals surface area contributed by atoms with E-state index in [1.54, 1.807) is 13.8 Å². The summed E-state index contributed by atoms with van der Waals surface area (Å²) in [4.78, 5) is 24.7. The lowest BCUT2D eigenvalue weighted by atomic mass is 10.0. The van der Waals surface area contributed by atoms with E-state index in [1.807, 2.05) is 0 Å². The van der Waals surface area contributed by atoms with Crippen molar-refractivity contribution in [3.8, 4) is 0 Å². The van der Waals surface area contributed by atoms with Crippen molar-refractivity contribution in [2.75, 3.05) is 6.61 Å². The number of aryl methyl sites for hydroxylation is 1. The molecule has 0 saturated carbocycles. The number of hydrogen-bond acceptors (Lipinski definition) is 5. The summed E-state index contributed by atoms with van der Waals surface area (Å²) in [5.74, 6) is -0.898. The molecule has 2 unspecified atom stereocenters. The minimum atomic E-state index is -1.67. The lowest BCUT2D eigenvalue weighted by Gasteiger charge is -2.17. The van der Waals surface area contributed by atoms with Gasteiger partial charge in [0.1, 0.15) is 6.10 Å². The van der Waals surface area contributed by atoms with Crippen molar-refractivity contribution < 1.29 is 19.7 Å². The van der Waals surface area contributed by atoms with Crippen molar-refractivity contribution >= 4 is 5.97 Å². The van der Waals surface area contributed by atoms with Crippen LogP contribution in [0.25, 0.3) is 0 Å². The van der Waals surface area contributed by atoms with Crippen molar-refractivity contribution in [1.29, 1.82) is 0 Å². The summed E-state index contributed by atoms with van der Waals surface area (Å²) in [6.07, 6.45) is -3.09. The molecule has 2 atom stereocenters. The fourth-order valence-electron chi connectivity index (χ4n) is 1.44. The summed E-state index contributed by atoms with van der Waals surface area (Å²) in [6, 6.07) is 2.57. The zero-order valence-electron chi connectivity index (χ0n) is 9.64. The van der Waals surface area contributed by atoms with E-state index in [2.05, 4.69) is 9.72 Å². The molecule has 0 radical (unpaired) electrons. The Kier molecular flexibility index (Phi) is 4.42. The Labute approximate surface area is 97.9 Å². The molecule has 6 heteroatoms. The smallest absolute Gasteiger partial charge is 0.338 e. The van der Waals surface area contributed by atoms with E-state index in [9.17, 15) is 19.8 Å². The first-order valence-electron chi connectivity index (χ1n) is 5.20. The van der Waals surface area contributed by atoms with Gasteiger partial charge in [-0.15, -0.1) is 0 Å². The minimum absolute atomic E-state index is 0.118. The van der Waals surface area contributed by atoms with Gasteiger partial charge in [0.2, 0.25) is 5.56 Å². The van der Waals surface area contributed by atoms with Crippen molar-refractivity contribution in [2.24, 2.45) is 0 Å². The summed E-state index contributed by atoms with van der Waals surface area (Å²) < 4.78 is 4.59. The van der Waals surface area contributed by atoms with Gasteiger partial charge in [0.05, 0.1) is 6.61 Å². The monoisotopic (exact) mass is 241 g/mol. The molecule has 94 valence electrons. The van der Waals surface area contributed by atoms with E-state index in [0.717, 1.165) is 0 Å². The van der Waals surface area contributed by atoms with E-state index in [4.69, 9.17) is 0 Å². The lowest BCUT2D eigenvalue weighted by Crippen LogP contribution is -2.30. The van der Waals surface area contributed by atoms with Crippen LogP contribution in [0.1, 0.15) is 24.3 Å². The third kappa shape index (κ3) is 3.15. The number of carbonyl (C=O) groups is 1. The summed E-state index contributed by atoms with van der Waals surface area (Å²) in [5, 5.41) is 19.3. The number of aromatic amines is 1. The van der Waals surface area contributed by atoms with E-state index < -0.39 is 18.2 Å². The number of aliphatic hydroxyl groups is 2. The van der Waals surface area contributed by atoms with Crippen LogP contribution in [0.2, 0.25) is 0 Å². The molecule has 3 N–H and O–H groups in total. The SMILES string of the molecule is CCOC(=O)C(O)C(O)c1ccc(=O)[nH]c1C. The van der Waals surface area contributed by atoms with Crippen LogP contribution in [-0.2, 0) is 9.53 Å². The largest absolute Gasteiger partial charge is 0.464 e. The quantitative estimate of drug-likeness (QED) is 0.625. The van der Waals surface area contributed by atoms with Gasteiger partial charge < -0.3 is 19.9 Å². The third-order valence-corrected chi connectivity index (χ3v) is 2.30. The average Bonchev–Trinajstić information content (AvgIpc) is 2.27. The summed E-state index contributed by atoms with van der Waals surface area (Å²) in [6.45, 7) is 3.29. The number of pyridine rings is 1. The number of aliphatic hydroxyl groups excluding tert-OH is 2.